The number of nitrogens with one attached hydrogen (secondary N) is 2. The third-order valence-corrected chi connectivity index (χ3v) is 3.90. The molecule has 0 radical (unpaired) electrons. The normalized spacial score (nSPS) is 12.5. The molecule has 3 rings (SSSR count). The van der Waals surface area contributed by atoms with Gasteiger partial charge in [-0.15, -0.1) is 0 Å². The van der Waals surface area contributed by atoms with Crippen LogP contribution in [0.4, 0.5) is 5.82 Å². The van der Waals surface area contributed by atoms with E-state index < -0.39 is 0 Å². The van der Waals surface area contributed by atoms with Crippen LogP contribution in [-0.2, 0) is 0 Å². The van der Waals surface area contributed by atoms with Crippen molar-refractivity contribution in [3.8, 4) is 0 Å². The first-order valence-corrected chi connectivity index (χ1v) is 7.67. The minimum atomic E-state index is -0.212. The van der Waals surface area contributed by atoms with Gasteiger partial charge in [0.15, 0.2) is 11.5 Å². The molecule has 120 valence electrons. The molecule has 2 N–H and O–H groups in total. The van der Waals surface area contributed by atoms with Crippen molar-refractivity contribution in [3.05, 3.63) is 35.3 Å². The summed E-state index contributed by atoms with van der Waals surface area (Å²) in [6.07, 6.45) is 2.65. The Hall–Kier alpha value is -2.70. The van der Waals surface area contributed by atoms with Crippen molar-refractivity contribution in [1.82, 2.24) is 25.0 Å². The number of H-pyrrole nitrogens is 1. The number of aryl methyl sites for hydroxylation is 2. The Balaban J connectivity index is 2.03. The van der Waals surface area contributed by atoms with Crippen LogP contribution in [-0.4, -0.2) is 30.9 Å². The first kappa shape index (κ1) is 15.2. The van der Waals surface area contributed by atoms with Gasteiger partial charge in [0.1, 0.15) is 0 Å². The minimum absolute atomic E-state index is 0.212. The van der Waals surface area contributed by atoms with Gasteiger partial charge in [-0.25, -0.2) is 9.67 Å². The monoisotopic (exact) mass is 312 g/mol. The Labute approximate surface area is 134 Å². The number of pyridine rings is 1. The summed E-state index contributed by atoms with van der Waals surface area (Å²) in [5, 5.41) is 14.8. The van der Waals surface area contributed by atoms with E-state index in [1.165, 1.54) is 0 Å². The zero-order valence-corrected chi connectivity index (χ0v) is 13.7. The predicted octanol–water partition coefficient (Wildman–Crippen LogP) is 2.99. The average Bonchev–Trinajstić information content (AvgIpc) is 3.11. The number of anilines is 1. The number of hydrogen-bond donors (Lipinski definition) is 2. The molecule has 0 saturated carbocycles. The summed E-state index contributed by atoms with van der Waals surface area (Å²) in [5.41, 5.74) is 2.97. The smallest absolute Gasteiger partial charge is 0.257 e. The van der Waals surface area contributed by atoms with E-state index in [-0.39, 0.29) is 11.9 Å². The minimum Gasteiger partial charge on any atom is -0.305 e. The lowest BCUT2D eigenvalue weighted by Gasteiger charge is -2.11. The van der Waals surface area contributed by atoms with Crippen molar-refractivity contribution in [2.24, 2.45) is 0 Å². The molecule has 0 aromatic carbocycles. The third-order valence-electron chi connectivity index (χ3n) is 3.90. The Kier molecular flexibility index (Phi) is 3.85. The molecule has 0 fully saturated rings. The molecule has 1 atom stereocenters. The van der Waals surface area contributed by atoms with Crippen LogP contribution in [0.15, 0.2) is 18.3 Å². The number of aromatic amines is 1. The van der Waals surface area contributed by atoms with E-state index in [1.54, 1.807) is 18.3 Å². The number of fused-ring (bicyclic) bond motifs is 1. The Bertz CT molecular complexity index is 863. The lowest BCUT2D eigenvalue weighted by molar-refractivity contribution is 0.102. The fourth-order valence-electron chi connectivity index (χ4n) is 2.49. The average molecular weight is 312 g/mol. The van der Waals surface area contributed by atoms with Gasteiger partial charge >= 0.3 is 0 Å². The summed E-state index contributed by atoms with van der Waals surface area (Å²) in [7, 11) is 0. The second-order valence-corrected chi connectivity index (χ2v) is 5.79. The van der Waals surface area contributed by atoms with E-state index in [0.717, 1.165) is 28.8 Å². The first-order chi connectivity index (χ1) is 11.0. The number of nitrogens with zero attached hydrogens (tertiary/aromatic N) is 4. The summed E-state index contributed by atoms with van der Waals surface area (Å²) < 4.78 is 1.87. The van der Waals surface area contributed by atoms with Crippen molar-refractivity contribution in [1.29, 1.82) is 0 Å². The second-order valence-electron chi connectivity index (χ2n) is 5.79. The molecular formula is C16H20N6O. The van der Waals surface area contributed by atoms with E-state index in [1.807, 2.05) is 18.5 Å². The van der Waals surface area contributed by atoms with Gasteiger partial charge in [0.05, 0.1) is 23.2 Å². The van der Waals surface area contributed by atoms with Crippen molar-refractivity contribution >= 4 is 22.8 Å². The maximum Gasteiger partial charge on any atom is 0.257 e. The molecule has 0 aliphatic carbocycles. The van der Waals surface area contributed by atoms with Gasteiger partial charge in [-0.1, -0.05) is 6.92 Å². The number of aromatic nitrogens is 5. The van der Waals surface area contributed by atoms with Crippen molar-refractivity contribution in [3.63, 3.8) is 0 Å². The summed E-state index contributed by atoms with van der Waals surface area (Å²) in [6, 6.07) is 3.79. The van der Waals surface area contributed by atoms with Crippen LogP contribution >= 0.6 is 0 Å². The zero-order chi connectivity index (χ0) is 16.6. The molecule has 0 unspecified atom stereocenters. The molecule has 0 saturated heterocycles. The number of hydrogen-bond acceptors (Lipinski definition) is 4. The molecule has 0 aliphatic rings. The molecular weight excluding hydrogens is 292 g/mol. The fourth-order valence-corrected chi connectivity index (χ4v) is 2.49. The molecule has 7 nitrogen and oxygen atoms in total. The number of carbonyl (C=O) groups is 1. The highest BCUT2D eigenvalue weighted by atomic mass is 16.1. The molecule has 0 spiro atoms. The highest BCUT2D eigenvalue weighted by Crippen LogP contribution is 2.23. The molecule has 3 heterocycles. The maximum atomic E-state index is 12.6. The highest BCUT2D eigenvalue weighted by molar-refractivity contribution is 6.11. The Morgan fingerprint density at radius 2 is 2.17 bits per heavy atom. The van der Waals surface area contributed by atoms with Crippen LogP contribution in [0, 0.1) is 13.8 Å². The molecule has 3 aromatic heterocycles. The summed E-state index contributed by atoms with van der Waals surface area (Å²) in [5.74, 6) is 0.292. The summed E-state index contributed by atoms with van der Waals surface area (Å²) in [4.78, 5) is 17.2. The predicted molar refractivity (Wildman–Crippen MR) is 88.5 cm³/mol. The fraction of sp³-hybridized carbons (Fsp3) is 0.375. The number of amides is 1. The van der Waals surface area contributed by atoms with Crippen LogP contribution in [0.3, 0.4) is 0 Å². The lowest BCUT2D eigenvalue weighted by Crippen LogP contribution is -2.14. The number of rotatable bonds is 4. The van der Waals surface area contributed by atoms with Gasteiger partial charge in [-0.2, -0.15) is 10.2 Å². The molecule has 1 amide bonds. The van der Waals surface area contributed by atoms with Gasteiger partial charge in [0, 0.05) is 17.5 Å². The van der Waals surface area contributed by atoms with Crippen molar-refractivity contribution in [2.45, 2.75) is 40.2 Å². The van der Waals surface area contributed by atoms with E-state index in [4.69, 9.17) is 0 Å². The maximum absolute atomic E-state index is 12.6. The second kappa shape index (κ2) is 5.83. The summed E-state index contributed by atoms with van der Waals surface area (Å²) >= 11 is 0. The van der Waals surface area contributed by atoms with E-state index in [2.05, 4.69) is 39.4 Å². The van der Waals surface area contributed by atoms with Gasteiger partial charge in [-0.05, 0) is 33.3 Å². The van der Waals surface area contributed by atoms with E-state index in [9.17, 15) is 4.79 Å². The third kappa shape index (κ3) is 2.81. The molecule has 0 aliphatic heterocycles. The van der Waals surface area contributed by atoms with E-state index in [0.29, 0.717) is 11.4 Å². The molecule has 3 aromatic rings. The van der Waals surface area contributed by atoms with Crippen LogP contribution in [0.5, 0.6) is 0 Å². The van der Waals surface area contributed by atoms with Crippen molar-refractivity contribution < 1.29 is 4.79 Å². The quantitative estimate of drug-likeness (QED) is 0.775. The van der Waals surface area contributed by atoms with Crippen molar-refractivity contribution in [2.75, 3.05) is 5.32 Å². The zero-order valence-electron chi connectivity index (χ0n) is 13.7. The summed E-state index contributed by atoms with van der Waals surface area (Å²) in [6.45, 7) is 7.95. The van der Waals surface area contributed by atoms with Crippen LogP contribution in [0.1, 0.15) is 48.1 Å². The molecule has 23 heavy (non-hydrogen) atoms. The Morgan fingerprint density at radius 3 is 2.83 bits per heavy atom. The van der Waals surface area contributed by atoms with E-state index >= 15 is 0 Å². The lowest BCUT2D eigenvalue weighted by atomic mass is 10.1. The standard InChI is InChI=1S/C16H20N6O/c1-5-11(4)22-15-13(8-17-22)12(6-9(2)18-15)16(23)19-14-7-10(3)20-21-14/h6-8,11H,5H2,1-4H3,(H2,19,20,21,23)/t11-/m1/s1. The molecule has 0 bridgehead atoms. The van der Waals surface area contributed by atoms with Gasteiger partial charge in [-0.3, -0.25) is 9.89 Å². The van der Waals surface area contributed by atoms with Gasteiger partial charge in [0.25, 0.3) is 5.91 Å². The SMILES string of the molecule is CC[C@@H](C)n1ncc2c(C(=O)Nc3cc(C)[nH]n3)cc(C)nc21. The van der Waals surface area contributed by atoms with Gasteiger partial charge in [0.2, 0.25) is 0 Å². The van der Waals surface area contributed by atoms with Crippen LogP contribution in [0.25, 0.3) is 11.0 Å². The largest absolute Gasteiger partial charge is 0.305 e. The first-order valence-electron chi connectivity index (χ1n) is 7.67. The molecule has 7 heteroatoms. The number of carbonyl (C=O) groups excluding carboxylic acids is 1. The van der Waals surface area contributed by atoms with Gasteiger partial charge < -0.3 is 5.32 Å². The Morgan fingerprint density at radius 1 is 1.39 bits per heavy atom. The van der Waals surface area contributed by atoms with Crippen LogP contribution < -0.4 is 5.32 Å². The van der Waals surface area contributed by atoms with Crippen LogP contribution in [0.2, 0.25) is 0 Å². The topological polar surface area (TPSA) is 88.5 Å². The highest BCUT2D eigenvalue weighted by Gasteiger charge is 2.18.